The highest BCUT2D eigenvalue weighted by molar-refractivity contribution is 5.95. The Bertz CT molecular complexity index is 580. The summed E-state index contributed by atoms with van der Waals surface area (Å²) in [5.74, 6) is -1.07. The van der Waals surface area contributed by atoms with Crippen molar-refractivity contribution < 1.29 is 30.0 Å². The standard InChI is InChI=1S/C19H28O6/c1-13(20)7-6-10-15(21)9-5-3-4-8-14-11-16(22)12-17(25-2)18(14)19(23)24/h4,8,11-13,15,20-22H,3,5-7,9-10H2,1-2H3,(H,23,24)/t13-,15-/m0/s1. The third-order valence-corrected chi connectivity index (χ3v) is 3.92. The second-order valence-corrected chi connectivity index (χ2v) is 6.18. The van der Waals surface area contributed by atoms with Crippen molar-refractivity contribution in [1.82, 2.24) is 0 Å². The quantitative estimate of drug-likeness (QED) is 0.456. The first kappa shape index (κ1) is 21.0. The van der Waals surface area contributed by atoms with E-state index in [1.807, 2.05) is 6.08 Å². The topological polar surface area (TPSA) is 107 Å². The van der Waals surface area contributed by atoms with Gasteiger partial charge in [-0.1, -0.05) is 12.2 Å². The number of rotatable bonds is 11. The van der Waals surface area contributed by atoms with Gasteiger partial charge in [0.1, 0.15) is 17.1 Å². The average molecular weight is 352 g/mol. The van der Waals surface area contributed by atoms with E-state index in [1.165, 1.54) is 19.2 Å². The first-order chi connectivity index (χ1) is 11.8. The Hall–Kier alpha value is -2.05. The van der Waals surface area contributed by atoms with E-state index in [4.69, 9.17) is 4.74 Å². The number of phenols is 1. The minimum atomic E-state index is -1.12. The Labute approximate surface area is 148 Å². The molecule has 0 aromatic heterocycles. The van der Waals surface area contributed by atoms with Gasteiger partial charge in [0, 0.05) is 6.07 Å². The molecular weight excluding hydrogens is 324 g/mol. The molecule has 6 nitrogen and oxygen atoms in total. The summed E-state index contributed by atoms with van der Waals surface area (Å²) >= 11 is 0. The fourth-order valence-corrected chi connectivity index (χ4v) is 2.62. The zero-order chi connectivity index (χ0) is 18.8. The SMILES string of the molecule is COc1cc(O)cc(C=CCCC[C@H](O)CCC[C@H](C)O)c1C(=O)O. The Kier molecular flexibility index (Phi) is 9.02. The Morgan fingerprint density at radius 2 is 1.88 bits per heavy atom. The molecule has 0 heterocycles. The smallest absolute Gasteiger partial charge is 0.340 e. The number of aliphatic hydroxyl groups excluding tert-OH is 2. The predicted molar refractivity (Wildman–Crippen MR) is 96.0 cm³/mol. The van der Waals surface area contributed by atoms with Gasteiger partial charge in [-0.25, -0.2) is 4.79 Å². The van der Waals surface area contributed by atoms with Crippen LogP contribution in [0.2, 0.25) is 0 Å². The second kappa shape index (κ2) is 10.7. The summed E-state index contributed by atoms with van der Waals surface area (Å²) in [5.41, 5.74) is 0.386. The molecule has 0 spiro atoms. The first-order valence-electron chi connectivity index (χ1n) is 8.52. The molecule has 25 heavy (non-hydrogen) atoms. The van der Waals surface area contributed by atoms with Crippen LogP contribution < -0.4 is 4.74 Å². The van der Waals surface area contributed by atoms with Gasteiger partial charge in [0.15, 0.2) is 0 Å². The van der Waals surface area contributed by atoms with Crippen LogP contribution in [0.25, 0.3) is 6.08 Å². The molecule has 140 valence electrons. The van der Waals surface area contributed by atoms with Gasteiger partial charge in [-0.2, -0.15) is 0 Å². The van der Waals surface area contributed by atoms with Crippen LogP contribution in [0.5, 0.6) is 11.5 Å². The van der Waals surface area contributed by atoms with E-state index in [2.05, 4.69) is 0 Å². The molecule has 0 bridgehead atoms. The largest absolute Gasteiger partial charge is 0.508 e. The van der Waals surface area contributed by atoms with Crippen LogP contribution in [0, 0.1) is 0 Å². The molecule has 0 aliphatic carbocycles. The molecule has 1 rings (SSSR count). The van der Waals surface area contributed by atoms with Gasteiger partial charge in [-0.15, -0.1) is 0 Å². The lowest BCUT2D eigenvalue weighted by atomic mass is 10.0. The molecule has 0 radical (unpaired) electrons. The normalized spacial score (nSPS) is 13.8. The number of aromatic hydroxyl groups is 1. The number of aliphatic hydroxyl groups is 2. The minimum absolute atomic E-state index is 0.00899. The van der Waals surface area contributed by atoms with Gasteiger partial charge in [0.25, 0.3) is 0 Å². The van der Waals surface area contributed by atoms with E-state index in [9.17, 15) is 25.2 Å². The molecule has 6 heteroatoms. The highest BCUT2D eigenvalue weighted by Gasteiger charge is 2.16. The molecule has 1 aromatic carbocycles. The molecule has 1 aromatic rings. The fraction of sp³-hybridized carbons (Fsp3) is 0.526. The van der Waals surface area contributed by atoms with Crippen molar-refractivity contribution in [3.8, 4) is 11.5 Å². The number of unbranched alkanes of at least 4 members (excludes halogenated alkanes) is 1. The number of carboxylic acid groups (broad SMARTS) is 1. The Balaban J connectivity index is 2.54. The van der Waals surface area contributed by atoms with Crippen molar-refractivity contribution in [3.63, 3.8) is 0 Å². The summed E-state index contributed by atoms with van der Waals surface area (Å²) in [4.78, 5) is 11.4. The van der Waals surface area contributed by atoms with E-state index < -0.39 is 5.97 Å². The number of phenolic OH excluding ortho intramolecular Hbond substituents is 1. The molecule has 0 aliphatic heterocycles. The number of hydrogen-bond donors (Lipinski definition) is 4. The van der Waals surface area contributed by atoms with Crippen LogP contribution in [0.1, 0.15) is 61.4 Å². The lowest BCUT2D eigenvalue weighted by Crippen LogP contribution is -2.08. The van der Waals surface area contributed by atoms with Crippen LogP contribution in [0.3, 0.4) is 0 Å². The zero-order valence-corrected chi connectivity index (χ0v) is 14.8. The van der Waals surface area contributed by atoms with Crippen LogP contribution in [-0.4, -0.2) is 45.7 Å². The van der Waals surface area contributed by atoms with E-state index >= 15 is 0 Å². The second-order valence-electron chi connectivity index (χ2n) is 6.18. The van der Waals surface area contributed by atoms with Gasteiger partial charge < -0.3 is 25.2 Å². The third kappa shape index (κ3) is 7.58. The Morgan fingerprint density at radius 3 is 2.48 bits per heavy atom. The van der Waals surface area contributed by atoms with E-state index in [-0.39, 0.29) is 29.3 Å². The molecular formula is C19H28O6. The predicted octanol–water partition coefficient (Wildman–Crippen LogP) is 3.19. The number of carboxylic acids is 1. The van der Waals surface area contributed by atoms with E-state index in [0.29, 0.717) is 31.2 Å². The van der Waals surface area contributed by atoms with Crippen molar-refractivity contribution in [3.05, 3.63) is 29.3 Å². The monoisotopic (exact) mass is 352 g/mol. The lowest BCUT2D eigenvalue weighted by molar-refractivity contribution is 0.0693. The van der Waals surface area contributed by atoms with E-state index in [1.54, 1.807) is 13.0 Å². The summed E-state index contributed by atoms with van der Waals surface area (Å²) in [6.07, 6.45) is 7.00. The number of ether oxygens (including phenoxy) is 1. The van der Waals surface area contributed by atoms with Gasteiger partial charge in [0.2, 0.25) is 0 Å². The van der Waals surface area contributed by atoms with Crippen molar-refractivity contribution in [2.45, 2.75) is 57.7 Å². The van der Waals surface area contributed by atoms with Gasteiger partial charge in [0.05, 0.1) is 19.3 Å². The maximum atomic E-state index is 11.4. The summed E-state index contributed by atoms with van der Waals surface area (Å²) in [7, 11) is 1.35. The van der Waals surface area contributed by atoms with Gasteiger partial charge in [-0.3, -0.25) is 0 Å². The van der Waals surface area contributed by atoms with Crippen LogP contribution in [-0.2, 0) is 0 Å². The van der Waals surface area contributed by atoms with Crippen LogP contribution >= 0.6 is 0 Å². The number of aromatic carboxylic acids is 1. The van der Waals surface area contributed by atoms with E-state index in [0.717, 1.165) is 12.8 Å². The lowest BCUT2D eigenvalue weighted by Gasteiger charge is -2.10. The zero-order valence-electron chi connectivity index (χ0n) is 14.8. The molecule has 0 aliphatic rings. The van der Waals surface area contributed by atoms with Gasteiger partial charge in [-0.05, 0) is 57.1 Å². The summed E-state index contributed by atoms with van der Waals surface area (Å²) in [6, 6.07) is 2.65. The first-order valence-corrected chi connectivity index (χ1v) is 8.52. The van der Waals surface area contributed by atoms with Gasteiger partial charge >= 0.3 is 5.97 Å². The van der Waals surface area contributed by atoms with Crippen molar-refractivity contribution in [1.29, 1.82) is 0 Å². The summed E-state index contributed by atoms with van der Waals surface area (Å²) in [5, 5.41) is 38.0. The number of methoxy groups -OCH3 is 1. The molecule has 0 amide bonds. The van der Waals surface area contributed by atoms with Crippen molar-refractivity contribution in [2.24, 2.45) is 0 Å². The third-order valence-electron chi connectivity index (χ3n) is 3.92. The fourth-order valence-electron chi connectivity index (χ4n) is 2.62. The maximum Gasteiger partial charge on any atom is 0.340 e. The number of hydrogen-bond acceptors (Lipinski definition) is 5. The molecule has 2 atom stereocenters. The summed E-state index contributed by atoms with van der Waals surface area (Å²) < 4.78 is 5.02. The molecule has 0 fully saturated rings. The maximum absolute atomic E-state index is 11.4. The van der Waals surface area contributed by atoms with Crippen LogP contribution in [0.4, 0.5) is 0 Å². The number of benzene rings is 1. The average Bonchev–Trinajstić information content (AvgIpc) is 2.53. The number of allylic oxidation sites excluding steroid dienone is 1. The Morgan fingerprint density at radius 1 is 1.20 bits per heavy atom. The molecule has 0 unspecified atom stereocenters. The van der Waals surface area contributed by atoms with Crippen molar-refractivity contribution >= 4 is 12.0 Å². The highest BCUT2D eigenvalue weighted by atomic mass is 16.5. The summed E-state index contributed by atoms with van der Waals surface area (Å²) in [6.45, 7) is 1.74. The van der Waals surface area contributed by atoms with Crippen molar-refractivity contribution in [2.75, 3.05) is 7.11 Å². The van der Waals surface area contributed by atoms with Crippen LogP contribution in [0.15, 0.2) is 18.2 Å². The number of carbonyl (C=O) groups is 1. The highest BCUT2D eigenvalue weighted by Crippen LogP contribution is 2.29. The molecule has 4 N–H and O–H groups in total. The molecule has 0 saturated carbocycles. The molecule has 0 saturated heterocycles. The minimum Gasteiger partial charge on any atom is -0.508 e.